The summed E-state index contributed by atoms with van der Waals surface area (Å²) in [4.78, 5) is 0. The fourth-order valence-corrected chi connectivity index (χ4v) is 15.6. The van der Waals surface area contributed by atoms with E-state index in [1.54, 1.807) is 0 Å². The average Bonchev–Trinajstić information content (AvgIpc) is 3.85. The van der Waals surface area contributed by atoms with Crippen LogP contribution in [0.25, 0.3) is 30.6 Å². The first-order chi connectivity index (χ1) is 20.6. The maximum absolute atomic E-state index is 2.48. The molecule has 9 rings (SSSR count). The second kappa shape index (κ2) is 19.0. The van der Waals surface area contributed by atoms with Gasteiger partial charge >= 0.3 is 0 Å². The van der Waals surface area contributed by atoms with Gasteiger partial charge in [-0.3, -0.25) is 0 Å². The lowest BCUT2D eigenvalue weighted by Gasteiger charge is -1.95. The van der Waals surface area contributed by atoms with E-state index in [2.05, 4.69) is 154 Å². The van der Waals surface area contributed by atoms with Crippen LogP contribution in [0.4, 0.5) is 0 Å². The lowest BCUT2D eigenvalue weighted by Crippen LogP contribution is -3.00. The van der Waals surface area contributed by atoms with Gasteiger partial charge in [-0.25, -0.2) is 0 Å². The van der Waals surface area contributed by atoms with Crippen LogP contribution in [0.15, 0.2) is 85.8 Å². The van der Waals surface area contributed by atoms with E-state index in [9.17, 15) is 0 Å². The number of hydrogen-bond donors (Lipinski definition) is 0. The molecule has 3 atom stereocenters. The van der Waals surface area contributed by atoms with Gasteiger partial charge in [0, 0.05) is 31.5 Å². The number of nitrogens with zero attached hydrogens (tertiary/aromatic N) is 3. The molecule has 0 fully saturated rings. The van der Waals surface area contributed by atoms with Gasteiger partial charge in [-0.1, -0.05) is 138 Å². The Labute approximate surface area is 381 Å². The Bertz CT molecular complexity index is 1660. The maximum atomic E-state index is 2.48. The van der Waals surface area contributed by atoms with Gasteiger partial charge in [-0.2, -0.15) is 13.7 Å². The van der Waals surface area contributed by atoms with E-state index in [0.717, 1.165) is 15.7 Å². The van der Waals surface area contributed by atoms with Crippen LogP contribution in [0.2, 0.25) is 0 Å². The number of para-hydroxylation sites is 3. The summed E-state index contributed by atoms with van der Waals surface area (Å²) < 4.78 is 19.8. The Balaban J connectivity index is 0.000000149. The third-order valence-corrected chi connectivity index (χ3v) is 19.9. The molecule has 0 saturated carbocycles. The fourth-order valence-electron chi connectivity index (χ4n) is 5.21. The van der Waals surface area contributed by atoms with Gasteiger partial charge in [-0.05, 0) is 53.5 Å². The molecular weight excluding hydrogens is 1360 g/mol. The molecule has 3 aromatic carbocycles. The van der Waals surface area contributed by atoms with Crippen LogP contribution in [0, 0.1) is 0 Å². The molecule has 0 spiro atoms. The zero-order valence-electron chi connectivity index (χ0n) is 23.5. The molecule has 0 N–H and O–H groups in total. The van der Waals surface area contributed by atoms with Crippen LogP contribution in [0.3, 0.4) is 0 Å². The minimum atomic E-state index is 0. The van der Waals surface area contributed by atoms with E-state index < -0.39 is 0 Å². The van der Waals surface area contributed by atoms with Crippen molar-refractivity contribution < 1.29 is 85.6 Å². The van der Waals surface area contributed by atoms with Crippen molar-refractivity contribution in [3.63, 3.8) is 0 Å². The number of thioether (sulfide) groups is 3. The smallest absolute Gasteiger partial charge is 0.298 e. The van der Waals surface area contributed by atoms with Crippen molar-refractivity contribution >= 4 is 168 Å². The Kier molecular flexibility index (Phi) is 17.1. The van der Waals surface area contributed by atoms with Gasteiger partial charge in [0.1, 0.15) is 14.1 Å². The predicted octanol–water partition coefficient (Wildman–Crippen LogP) is 0.306. The summed E-state index contributed by atoms with van der Waals surface area (Å²) in [6.45, 7) is 3.56. The molecule has 3 aromatic heterocycles. The Morgan fingerprint density at radius 2 is 0.733 bits per heavy atom. The molecular formula is C30H27I6N3S6. The second-order valence-corrected chi connectivity index (χ2v) is 20.4. The molecule has 3 aliphatic heterocycles. The number of benzene rings is 3. The number of halogens is 6. The van der Waals surface area contributed by atoms with E-state index >= 15 is 0 Å². The van der Waals surface area contributed by atoms with Crippen molar-refractivity contribution in [1.29, 1.82) is 0 Å². The van der Waals surface area contributed by atoms with Crippen LogP contribution in [-0.4, -0.2) is 29.0 Å². The molecule has 0 radical (unpaired) electrons. The monoisotopic (exact) mass is 1380 g/mol. The van der Waals surface area contributed by atoms with Crippen LogP contribution >= 0.6 is 137 Å². The summed E-state index contributed by atoms with van der Waals surface area (Å²) in [5, 5.41) is 2.35. The minimum Gasteiger partial charge on any atom is -1.00 e. The standard InChI is InChI=1S/3C10H9INS2.3HI/c3*11-5-7-6-12-8-3-1-2-4-9(8)14-10(12)13-7;;;/h3*1-4,7H,5-6H2;3*1H/q3*+1;;;/p-3. The predicted molar refractivity (Wildman–Crippen MR) is 212 cm³/mol. The van der Waals surface area contributed by atoms with Gasteiger partial charge in [-0.15, -0.1) is 0 Å². The van der Waals surface area contributed by atoms with Gasteiger partial charge in [0.25, 0.3) is 13.0 Å². The topological polar surface area (TPSA) is 11.6 Å². The van der Waals surface area contributed by atoms with Crippen molar-refractivity contribution in [3.8, 4) is 0 Å². The summed E-state index contributed by atoms with van der Waals surface area (Å²) in [5.41, 5.74) is 4.23. The van der Waals surface area contributed by atoms with Crippen LogP contribution in [0.5, 0.6) is 0 Å². The lowest BCUT2D eigenvalue weighted by atomic mass is 10.3. The number of fused-ring (bicyclic) bond motifs is 9. The highest BCUT2D eigenvalue weighted by atomic mass is 127. The number of hydrogen-bond acceptors (Lipinski definition) is 6. The molecule has 240 valence electrons. The molecule has 3 nitrogen and oxygen atoms in total. The van der Waals surface area contributed by atoms with Crippen molar-refractivity contribution in [1.82, 2.24) is 0 Å². The number of aromatic nitrogens is 3. The maximum Gasteiger partial charge on any atom is 0.298 e. The molecule has 6 heterocycles. The first-order valence-electron chi connectivity index (χ1n) is 13.6. The van der Waals surface area contributed by atoms with Crippen molar-refractivity contribution in [2.45, 2.75) is 48.4 Å². The zero-order chi connectivity index (χ0) is 28.6. The first kappa shape index (κ1) is 40.5. The van der Waals surface area contributed by atoms with E-state index in [-0.39, 0.29) is 71.9 Å². The van der Waals surface area contributed by atoms with Crippen LogP contribution in [0.1, 0.15) is 0 Å². The van der Waals surface area contributed by atoms with Crippen molar-refractivity contribution in [2.24, 2.45) is 0 Å². The highest BCUT2D eigenvalue weighted by Crippen LogP contribution is 2.38. The molecule has 3 aliphatic rings. The third-order valence-electron chi connectivity index (χ3n) is 7.20. The number of thiazole rings is 3. The largest absolute Gasteiger partial charge is 1.00 e. The highest BCUT2D eigenvalue weighted by molar-refractivity contribution is 14.1. The van der Waals surface area contributed by atoms with Gasteiger partial charge < -0.3 is 71.9 Å². The molecule has 45 heavy (non-hydrogen) atoms. The molecule has 0 amide bonds. The Morgan fingerprint density at radius 1 is 0.467 bits per heavy atom. The summed E-state index contributed by atoms with van der Waals surface area (Å²) in [7, 11) is 0. The van der Waals surface area contributed by atoms with E-state index in [4.69, 9.17) is 0 Å². The molecule has 0 aliphatic carbocycles. The molecule has 0 bridgehead atoms. The van der Waals surface area contributed by atoms with Gasteiger partial charge in [0.15, 0.2) is 19.6 Å². The summed E-state index contributed by atoms with van der Waals surface area (Å²) in [5.74, 6) is 0. The second-order valence-electron chi connectivity index (χ2n) is 10.0. The molecule has 15 heteroatoms. The van der Waals surface area contributed by atoms with Crippen molar-refractivity contribution in [3.05, 3.63) is 72.8 Å². The summed E-state index contributed by atoms with van der Waals surface area (Å²) >= 11 is 19.3. The van der Waals surface area contributed by atoms with Gasteiger partial charge in [0.2, 0.25) is 16.6 Å². The number of alkyl halides is 3. The molecule has 3 unspecified atom stereocenters. The quantitative estimate of drug-likeness (QED) is 0.144. The van der Waals surface area contributed by atoms with Gasteiger partial charge in [0.05, 0.1) is 15.7 Å². The van der Waals surface area contributed by atoms with E-state index in [1.807, 2.05) is 69.3 Å². The van der Waals surface area contributed by atoms with E-state index in [0.29, 0.717) is 0 Å². The SMILES string of the molecule is ICC1C[n+]2c(sc3ccccc32)S1.ICC1C[n+]2c(sc3ccccc32)S1.ICC1C[n+]2c(sc3ccccc32)S1.[I-].[I-].[I-]. The number of rotatable bonds is 3. The Hall–Kier alpha value is 2.76. The third kappa shape index (κ3) is 9.05. The van der Waals surface area contributed by atoms with Crippen molar-refractivity contribution in [2.75, 3.05) is 13.3 Å². The molecule has 0 saturated heterocycles. The fraction of sp³-hybridized carbons (Fsp3) is 0.300. The highest BCUT2D eigenvalue weighted by Gasteiger charge is 2.35. The first-order valence-corrected chi connectivity index (χ1v) is 23.2. The van der Waals surface area contributed by atoms with Crippen LogP contribution < -0.4 is 85.6 Å². The Morgan fingerprint density at radius 3 is 1.00 bits per heavy atom. The summed E-state index contributed by atoms with van der Waals surface area (Å²) in [6, 6.07) is 26.1. The van der Waals surface area contributed by atoms with E-state index in [1.165, 1.54) is 76.6 Å². The molecule has 6 aromatic rings. The zero-order valence-corrected chi connectivity index (χ0v) is 41.3. The van der Waals surface area contributed by atoms with Crippen LogP contribution in [-0.2, 0) is 19.6 Å². The lowest BCUT2D eigenvalue weighted by molar-refractivity contribution is -0.695. The summed E-state index contributed by atoms with van der Waals surface area (Å²) in [6.07, 6.45) is 0. The average molecular weight is 1380 g/mol. The normalized spacial score (nSPS) is 18.9. The minimum absolute atomic E-state index is 0.